The predicted octanol–water partition coefficient (Wildman–Crippen LogP) is 4.97. The first-order valence-corrected chi connectivity index (χ1v) is 11.8. The fraction of sp³-hybridized carbons (Fsp3) is 0.250. The fourth-order valence-corrected chi connectivity index (χ4v) is 4.76. The van der Waals surface area contributed by atoms with Gasteiger partial charge in [0.2, 0.25) is 0 Å². The third-order valence-corrected chi connectivity index (χ3v) is 6.50. The molecule has 4 aromatic rings. The molecule has 1 atom stereocenters. The Labute approximate surface area is 199 Å². The standard InChI is InChI=1S/C28H28N4O2/c1-2-30(20-21-12-5-3-6-13-21)28(34)25-23-16-9-10-18-31(23)26(29-25)24-17-11-19-32(24)27(33)22-14-7-4-8-15-22/h3-10,12-16,18,24H,2,11,17,19-20H2,1H3. The summed E-state index contributed by atoms with van der Waals surface area (Å²) in [4.78, 5) is 35.5. The molecule has 0 saturated carbocycles. The number of rotatable bonds is 6. The average molecular weight is 453 g/mol. The number of nitrogens with zero attached hydrogens (tertiary/aromatic N) is 4. The highest BCUT2D eigenvalue weighted by Crippen LogP contribution is 2.34. The fourth-order valence-electron chi connectivity index (χ4n) is 4.76. The van der Waals surface area contributed by atoms with Gasteiger partial charge in [-0.1, -0.05) is 54.6 Å². The van der Waals surface area contributed by atoms with Crippen LogP contribution in [0.1, 0.15) is 58.0 Å². The van der Waals surface area contributed by atoms with Crippen LogP contribution < -0.4 is 0 Å². The molecule has 0 N–H and O–H groups in total. The number of carbonyl (C=O) groups excluding carboxylic acids is 2. The van der Waals surface area contributed by atoms with Crippen molar-refractivity contribution in [2.45, 2.75) is 32.4 Å². The third-order valence-electron chi connectivity index (χ3n) is 6.50. The lowest BCUT2D eigenvalue weighted by atomic mass is 10.1. The van der Waals surface area contributed by atoms with Crippen LogP contribution in [0.25, 0.3) is 5.52 Å². The average Bonchev–Trinajstić information content (AvgIpc) is 3.52. The van der Waals surface area contributed by atoms with E-state index >= 15 is 0 Å². The first-order valence-electron chi connectivity index (χ1n) is 11.8. The molecule has 0 aliphatic carbocycles. The molecule has 2 amide bonds. The van der Waals surface area contributed by atoms with Crippen molar-refractivity contribution in [2.75, 3.05) is 13.1 Å². The molecular formula is C28H28N4O2. The van der Waals surface area contributed by atoms with Crippen LogP contribution in [0.3, 0.4) is 0 Å². The van der Waals surface area contributed by atoms with E-state index < -0.39 is 0 Å². The molecule has 6 heteroatoms. The van der Waals surface area contributed by atoms with Crippen molar-refractivity contribution in [2.24, 2.45) is 0 Å². The third kappa shape index (κ3) is 4.07. The van der Waals surface area contributed by atoms with Crippen molar-refractivity contribution < 1.29 is 9.59 Å². The number of hydrogen-bond acceptors (Lipinski definition) is 3. The van der Waals surface area contributed by atoms with Crippen LogP contribution >= 0.6 is 0 Å². The van der Waals surface area contributed by atoms with Gasteiger partial charge in [0.05, 0.1) is 11.6 Å². The van der Waals surface area contributed by atoms with E-state index in [1.54, 1.807) is 0 Å². The topological polar surface area (TPSA) is 57.9 Å². The molecule has 5 rings (SSSR count). The van der Waals surface area contributed by atoms with Crippen molar-refractivity contribution in [3.63, 3.8) is 0 Å². The van der Waals surface area contributed by atoms with E-state index in [1.807, 2.05) is 106 Å². The number of imidazole rings is 1. The molecule has 0 radical (unpaired) electrons. The maximum Gasteiger partial charge on any atom is 0.275 e. The second-order valence-electron chi connectivity index (χ2n) is 8.60. The minimum Gasteiger partial charge on any atom is -0.333 e. The molecule has 2 aromatic carbocycles. The lowest BCUT2D eigenvalue weighted by Gasteiger charge is -2.24. The normalized spacial score (nSPS) is 15.6. The number of aromatic nitrogens is 2. The Morgan fingerprint density at radius 2 is 1.68 bits per heavy atom. The Kier molecular flexibility index (Phi) is 6.12. The Bertz CT molecular complexity index is 1300. The molecule has 1 unspecified atom stereocenters. The first kappa shape index (κ1) is 21.9. The summed E-state index contributed by atoms with van der Waals surface area (Å²) in [5.41, 5.74) is 2.96. The van der Waals surface area contributed by atoms with Crippen molar-refractivity contribution >= 4 is 17.3 Å². The number of fused-ring (bicyclic) bond motifs is 1. The van der Waals surface area contributed by atoms with E-state index in [-0.39, 0.29) is 17.9 Å². The molecule has 1 aliphatic heterocycles. The van der Waals surface area contributed by atoms with E-state index in [9.17, 15) is 9.59 Å². The highest BCUT2D eigenvalue weighted by atomic mass is 16.2. The van der Waals surface area contributed by atoms with Crippen molar-refractivity contribution in [1.29, 1.82) is 0 Å². The van der Waals surface area contributed by atoms with Gasteiger partial charge in [-0.2, -0.15) is 0 Å². The number of pyridine rings is 1. The SMILES string of the molecule is CCN(Cc1ccccc1)C(=O)c1nc(C2CCCN2C(=O)c2ccccc2)n2ccccc12. The van der Waals surface area contributed by atoms with E-state index in [1.165, 1.54) is 0 Å². The van der Waals surface area contributed by atoms with Crippen molar-refractivity contribution in [3.05, 3.63) is 108 Å². The summed E-state index contributed by atoms with van der Waals surface area (Å²) in [6, 6.07) is 25.0. The van der Waals surface area contributed by atoms with Crippen LogP contribution in [-0.2, 0) is 6.54 Å². The van der Waals surface area contributed by atoms with Gasteiger partial charge in [0.25, 0.3) is 11.8 Å². The van der Waals surface area contributed by atoms with Crippen LogP contribution in [0.5, 0.6) is 0 Å². The zero-order valence-electron chi connectivity index (χ0n) is 19.3. The van der Waals surface area contributed by atoms with Gasteiger partial charge in [-0.25, -0.2) is 4.98 Å². The minimum atomic E-state index is -0.173. The van der Waals surface area contributed by atoms with Crippen LogP contribution in [0.4, 0.5) is 0 Å². The van der Waals surface area contributed by atoms with Crippen LogP contribution in [0.2, 0.25) is 0 Å². The minimum absolute atomic E-state index is 0.00270. The van der Waals surface area contributed by atoms with Gasteiger partial charge in [-0.15, -0.1) is 0 Å². The number of carbonyl (C=O) groups is 2. The Morgan fingerprint density at radius 3 is 2.41 bits per heavy atom. The van der Waals surface area contributed by atoms with Crippen LogP contribution in [-0.4, -0.2) is 44.1 Å². The quantitative estimate of drug-likeness (QED) is 0.415. The van der Waals surface area contributed by atoms with E-state index in [0.717, 1.165) is 29.7 Å². The monoisotopic (exact) mass is 452 g/mol. The molecule has 172 valence electrons. The van der Waals surface area contributed by atoms with Gasteiger partial charge >= 0.3 is 0 Å². The van der Waals surface area contributed by atoms with Gasteiger partial charge in [0, 0.05) is 31.4 Å². The number of likely N-dealkylation sites (tertiary alicyclic amines) is 1. The van der Waals surface area contributed by atoms with Crippen molar-refractivity contribution in [3.8, 4) is 0 Å². The molecule has 1 fully saturated rings. The lowest BCUT2D eigenvalue weighted by molar-refractivity contribution is 0.0729. The van der Waals surface area contributed by atoms with Gasteiger partial charge < -0.3 is 14.2 Å². The zero-order valence-corrected chi connectivity index (χ0v) is 19.3. The number of amides is 2. The molecule has 6 nitrogen and oxygen atoms in total. The maximum atomic E-state index is 13.6. The molecule has 0 bridgehead atoms. The summed E-state index contributed by atoms with van der Waals surface area (Å²) in [5, 5.41) is 0. The zero-order chi connectivity index (χ0) is 23.5. The second kappa shape index (κ2) is 9.51. The van der Waals surface area contributed by atoms with E-state index in [2.05, 4.69) is 0 Å². The largest absolute Gasteiger partial charge is 0.333 e. The van der Waals surface area contributed by atoms with E-state index in [4.69, 9.17) is 4.98 Å². The van der Waals surface area contributed by atoms with Crippen molar-refractivity contribution in [1.82, 2.24) is 19.2 Å². The first-order chi connectivity index (χ1) is 16.7. The van der Waals surface area contributed by atoms with Gasteiger partial charge in [-0.3, -0.25) is 9.59 Å². The molecule has 34 heavy (non-hydrogen) atoms. The summed E-state index contributed by atoms with van der Waals surface area (Å²) < 4.78 is 1.98. The molecule has 0 spiro atoms. The maximum absolute atomic E-state index is 13.6. The Balaban J connectivity index is 1.50. The Morgan fingerprint density at radius 1 is 0.971 bits per heavy atom. The Hall–Kier alpha value is -3.93. The summed E-state index contributed by atoms with van der Waals surface area (Å²) in [6.07, 6.45) is 3.66. The van der Waals surface area contributed by atoms with Gasteiger partial charge in [0.15, 0.2) is 5.69 Å². The summed E-state index contributed by atoms with van der Waals surface area (Å²) >= 11 is 0. The predicted molar refractivity (Wildman–Crippen MR) is 132 cm³/mol. The van der Waals surface area contributed by atoms with Crippen LogP contribution in [0.15, 0.2) is 85.1 Å². The number of hydrogen-bond donors (Lipinski definition) is 0. The summed E-state index contributed by atoms with van der Waals surface area (Å²) in [5.74, 6) is 0.652. The smallest absolute Gasteiger partial charge is 0.275 e. The lowest BCUT2D eigenvalue weighted by Crippen LogP contribution is -2.32. The molecule has 2 aromatic heterocycles. The number of benzene rings is 2. The van der Waals surface area contributed by atoms with E-state index in [0.29, 0.717) is 30.9 Å². The molecule has 1 aliphatic rings. The van der Waals surface area contributed by atoms with Crippen LogP contribution in [0, 0.1) is 0 Å². The second-order valence-corrected chi connectivity index (χ2v) is 8.60. The van der Waals surface area contributed by atoms with Gasteiger partial charge in [0.1, 0.15) is 5.82 Å². The summed E-state index contributed by atoms with van der Waals surface area (Å²) in [6.45, 7) is 3.77. The highest BCUT2D eigenvalue weighted by Gasteiger charge is 2.35. The molecule has 3 heterocycles. The molecular weight excluding hydrogens is 424 g/mol. The molecule has 1 saturated heterocycles. The van der Waals surface area contributed by atoms with Gasteiger partial charge in [-0.05, 0) is 49.6 Å². The highest BCUT2D eigenvalue weighted by molar-refractivity contribution is 5.99. The summed E-state index contributed by atoms with van der Waals surface area (Å²) in [7, 11) is 0.